The van der Waals surface area contributed by atoms with Crippen molar-refractivity contribution < 1.29 is 9.21 Å². The number of hydrogen-bond acceptors (Lipinski definition) is 3. The highest BCUT2D eigenvalue weighted by Gasteiger charge is 2.13. The average Bonchev–Trinajstić information content (AvgIpc) is 3.09. The van der Waals surface area contributed by atoms with Gasteiger partial charge in [0.05, 0.1) is 6.20 Å². The maximum absolute atomic E-state index is 12.3. The molecule has 1 heterocycles. The lowest BCUT2D eigenvalue weighted by atomic mass is 10.2. The van der Waals surface area contributed by atoms with E-state index in [0.717, 1.165) is 11.1 Å². The molecule has 0 aliphatic heterocycles. The smallest absolute Gasteiger partial charge is 0.223 e. The second kappa shape index (κ2) is 8.39. The van der Waals surface area contributed by atoms with Gasteiger partial charge in [0.2, 0.25) is 5.91 Å². The van der Waals surface area contributed by atoms with Crippen molar-refractivity contribution in [2.75, 3.05) is 7.05 Å². The summed E-state index contributed by atoms with van der Waals surface area (Å²) in [6.45, 7) is 0.515. The maximum Gasteiger partial charge on any atom is 0.223 e. The zero-order chi connectivity index (χ0) is 18.5. The molecule has 0 N–H and O–H groups in total. The average molecular weight is 389 g/mol. The summed E-state index contributed by atoms with van der Waals surface area (Å²) in [6, 6.07) is 14.8. The van der Waals surface area contributed by atoms with Crippen molar-refractivity contribution in [2.24, 2.45) is 0 Å². The predicted molar refractivity (Wildman–Crippen MR) is 103 cm³/mol. The molecule has 0 spiro atoms. The van der Waals surface area contributed by atoms with E-state index in [1.165, 1.54) is 0 Å². The van der Waals surface area contributed by atoms with Crippen LogP contribution in [0.15, 0.2) is 59.1 Å². The largest absolute Gasteiger partial charge is 0.441 e. The molecule has 0 unspecified atom stereocenters. The van der Waals surface area contributed by atoms with E-state index in [-0.39, 0.29) is 5.91 Å². The Morgan fingerprint density at radius 3 is 2.62 bits per heavy atom. The number of hydrogen-bond donors (Lipinski definition) is 0. The fourth-order valence-corrected chi connectivity index (χ4v) is 2.91. The SMILES string of the molecule is CN(Cc1cccc(Cl)c1)C(=O)CCc1ncc(-c2ccc(Cl)cc2)o1. The van der Waals surface area contributed by atoms with Crippen LogP contribution in [0.25, 0.3) is 11.3 Å². The molecule has 0 fully saturated rings. The van der Waals surface area contributed by atoms with Gasteiger partial charge in [0.1, 0.15) is 0 Å². The van der Waals surface area contributed by atoms with Crippen molar-refractivity contribution in [2.45, 2.75) is 19.4 Å². The number of benzene rings is 2. The Bertz CT molecular complexity index is 891. The van der Waals surface area contributed by atoms with Crippen LogP contribution in [-0.2, 0) is 17.8 Å². The van der Waals surface area contributed by atoms with E-state index < -0.39 is 0 Å². The number of amides is 1. The van der Waals surface area contributed by atoms with Crippen LogP contribution in [0.2, 0.25) is 10.0 Å². The summed E-state index contributed by atoms with van der Waals surface area (Å²) in [4.78, 5) is 18.3. The van der Waals surface area contributed by atoms with Crippen LogP contribution in [-0.4, -0.2) is 22.8 Å². The Balaban J connectivity index is 1.55. The van der Waals surface area contributed by atoms with Crippen molar-refractivity contribution in [3.8, 4) is 11.3 Å². The molecule has 2 aromatic carbocycles. The second-order valence-electron chi connectivity index (χ2n) is 6.00. The first-order valence-electron chi connectivity index (χ1n) is 8.20. The predicted octanol–water partition coefficient (Wildman–Crippen LogP) is 5.24. The van der Waals surface area contributed by atoms with Gasteiger partial charge in [0.25, 0.3) is 0 Å². The Morgan fingerprint density at radius 1 is 1.12 bits per heavy atom. The standard InChI is InChI=1S/C20H18Cl2N2O2/c1-24(13-14-3-2-4-17(22)11-14)20(25)10-9-19-23-12-18(26-19)15-5-7-16(21)8-6-15/h2-8,11-12H,9-10,13H2,1H3. The number of halogens is 2. The summed E-state index contributed by atoms with van der Waals surface area (Å²) in [5.74, 6) is 1.23. The lowest BCUT2D eigenvalue weighted by Crippen LogP contribution is -2.26. The zero-order valence-corrected chi connectivity index (χ0v) is 15.8. The Morgan fingerprint density at radius 2 is 1.88 bits per heavy atom. The van der Waals surface area contributed by atoms with E-state index in [1.807, 2.05) is 36.4 Å². The normalized spacial score (nSPS) is 10.7. The summed E-state index contributed by atoms with van der Waals surface area (Å²) in [6.07, 6.45) is 2.45. The van der Waals surface area contributed by atoms with Crippen LogP contribution in [0.4, 0.5) is 0 Å². The van der Waals surface area contributed by atoms with Crippen LogP contribution >= 0.6 is 23.2 Å². The van der Waals surface area contributed by atoms with E-state index in [4.69, 9.17) is 27.6 Å². The number of aryl methyl sites for hydroxylation is 1. The van der Waals surface area contributed by atoms with Gasteiger partial charge in [-0.1, -0.05) is 35.3 Å². The molecular weight excluding hydrogens is 371 g/mol. The fourth-order valence-electron chi connectivity index (χ4n) is 2.58. The van der Waals surface area contributed by atoms with Gasteiger partial charge in [-0.15, -0.1) is 0 Å². The van der Waals surface area contributed by atoms with Gasteiger partial charge in [0.15, 0.2) is 11.7 Å². The van der Waals surface area contributed by atoms with Crippen molar-refractivity contribution in [3.05, 3.63) is 76.2 Å². The number of rotatable bonds is 6. The molecule has 6 heteroatoms. The van der Waals surface area contributed by atoms with Gasteiger partial charge >= 0.3 is 0 Å². The van der Waals surface area contributed by atoms with Gasteiger partial charge in [-0.25, -0.2) is 4.98 Å². The van der Waals surface area contributed by atoms with Crippen LogP contribution in [0, 0.1) is 0 Å². The lowest BCUT2D eigenvalue weighted by molar-refractivity contribution is -0.130. The van der Waals surface area contributed by atoms with E-state index in [2.05, 4.69) is 4.98 Å². The third kappa shape index (κ3) is 4.87. The van der Waals surface area contributed by atoms with Crippen molar-refractivity contribution in [1.29, 1.82) is 0 Å². The van der Waals surface area contributed by atoms with Gasteiger partial charge in [-0.2, -0.15) is 0 Å². The molecule has 0 aliphatic carbocycles. The van der Waals surface area contributed by atoms with Crippen molar-refractivity contribution >= 4 is 29.1 Å². The Hall–Kier alpha value is -2.30. The summed E-state index contributed by atoms with van der Waals surface area (Å²) in [5.41, 5.74) is 1.90. The molecule has 1 aromatic heterocycles. The molecule has 3 rings (SSSR count). The minimum Gasteiger partial charge on any atom is -0.441 e. The van der Waals surface area contributed by atoms with E-state index in [0.29, 0.717) is 41.1 Å². The summed E-state index contributed by atoms with van der Waals surface area (Å²) >= 11 is 11.9. The van der Waals surface area contributed by atoms with Crippen LogP contribution in [0.1, 0.15) is 17.9 Å². The second-order valence-corrected chi connectivity index (χ2v) is 6.88. The first kappa shape index (κ1) is 18.5. The Kier molecular flexibility index (Phi) is 5.96. The highest BCUT2D eigenvalue weighted by atomic mass is 35.5. The number of oxazole rings is 1. The summed E-state index contributed by atoms with van der Waals surface area (Å²) in [7, 11) is 1.78. The van der Waals surface area contributed by atoms with Crippen molar-refractivity contribution in [3.63, 3.8) is 0 Å². The molecule has 0 bridgehead atoms. The highest BCUT2D eigenvalue weighted by Crippen LogP contribution is 2.23. The molecule has 0 aliphatic rings. The quantitative estimate of drug-likeness (QED) is 0.579. The molecule has 0 saturated carbocycles. The van der Waals surface area contributed by atoms with Crippen molar-refractivity contribution in [1.82, 2.24) is 9.88 Å². The van der Waals surface area contributed by atoms with Gasteiger partial charge in [-0.3, -0.25) is 4.79 Å². The first-order chi connectivity index (χ1) is 12.5. The van der Waals surface area contributed by atoms with Gasteiger partial charge in [0, 0.05) is 42.0 Å². The molecular formula is C20H18Cl2N2O2. The number of carbonyl (C=O) groups excluding carboxylic acids is 1. The molecule has 0 saturated heterocycles. The molecule has 1 amide bonds. The molecule has 26 heavy (non-hydrogen) atoms. The maximum atomic E-state index is 12.3. The fraction of sp³-hybridized carbons (Fsp3) is 0.200. The molecule has 3 aromatic rings. The van der Waals surface area contributed by atoms with Crippen LogP contribution < -0.4 is 0 Å². The van der Waals surface area contributed by atoms with E-state index in [9.17, 15) is 4.79 Å². The number of carbonyl (C=O) groups is 1. The monoisotopic (exact) mass is 388 g/mol. The topological polar surface area (TPSA) is 46.3 Å². The molecule has 0 radical (unpaired) electrons. The third-order valence-electron chi connectivity index (χ3n) is 3.97. The summed E-state index contributed by atoms with van der Waals surface area (Å²) < 4.78 is 5.73. The summed E-state index contributed by atoms with van der Waals surface area (Å²) in [5, 5.41) is 1.33. The third-order valence-corrected chi connectivity index (χ3v) is 4.46. The van der Waals surface area contributed by atoms with Gasteiger partial charge < -0.3 is 9.32 Å². The molecule has 134 valence electrons. The van der Waals surface area contributed by atoms with E-state index in [1.54, 1.807) is 30.3 Å². The zero-order valence-electron chi connectivity index (χ0n) is 14.3. The van der Waals surface area contributed by atoms with Crippen LogP contribution in [0.3, 0.4) is 0 Å². The van der Waals surface area contributed by atoms with E-state index >= 15 is 0 Å². The molecule has 4 nitrogen and oxygen atoms in total. The van der Waals surface area contributed by atoms with Gasteiger partial charge in [-0.05, 0) is 42.0 Å². The Labute approximate surface area is 162 Å². The molecule has 0 atom stereocenters. The number of nitrogens with zero attached hydrogens (tertiary/aromatic N) is 2. The number of aromatic nitrogens is 1. The first-order valence-corrected chi connectivity index (χ1v) is 8.96. The van der Waals surface area contributed by atoms with Crippen LogP contribution in [0.5, 0.6) is 0 Å². The highest BCUT2D eigenvalue weighted by molar-refractivity contribution is 6.30. The lowest BCUT2D eigenvalue weighted by Gasteiger charge is -2.17. The minimum absolute atomic E-state index is 0.0243. The minimum atomic E-state index is 0.0243.